The van der Waals surface area contributed by atoms with Gasteiger partial charge < -0.3 is 4.98 Å². The van der Waals surface area contributed by atoms with E-state index in [2.05, 4.69) is 32.7 Å². The molecule has 1 N–H and O–H groups in total. The first-order valence-corrected chi connectivity index (χ1v) is 8.86. The number of H-pyrrole nitrogens is 1. The van der Waals surface area contributed by atoms with Gasteiger partial charge in [-0.2, -0.15) is 5.10 Å². The number of imidazole rings is 1. The lowest BCUT2D eigenvalue weighted by molar-refractivity contribution is 0.536. The molecule has 2 aromatic rings. The maximum absolute atomic E-state index is 5.43. The van der Waals surface area contributed by atoms with E-state index in [0.29, 0.717) is 0 Å². The molecule has 0 atom stereocenters. The monoisotopic (exact) mass is 322 g/mol. The number of hydrogen-bond donors (Lipinski definition) is 1. The number of thioether (sulfide) groups is 1. The Balaban J connectivity index is 1.67. The number of aromatic amines is 1. The van der Waals surface area contributed by atoms with Gasteiger partial charge in [0.25, 0.3) is 0 Å². The molecule has 0 bridgehead atoms. The van der Waals surface area contributed by atoms with Gasteiger partial charge in [0.05, 0.1) is 21.8 Å². The number of hydrogen-bond acceptors (Lipinski definition) is 4. The molecule has 0 aliphatic carbocycles. The highest BCUT2D eigenvalue weighted by Gasteiger charge is 2.06. The first kappa shape index (κ1) is 16.2. The molecule has 114 valence electrons. The van der Waals surface area contributed by atoms with Gasteiger partial charge in [-0.15, -0.1) is 11.8 Å². The third-order valence-electron chi connectivity index (χ3n) is 3.41. The maximum Gasteiger partial charge on any atom is 0.144 e. The third-order valence-corrected chi connectivity index (χ3v) is 4.46. The summed E-state index contributed by atoms with van der Waals surface area (Å²) in [7, 11) is 0. The van der Waals surface area contributed by atoms with E-state index >= 15 is 0 Å². The summed E-state index contributed by atoms with van der Waals surface area (Å²) in [6, 6.07) is 2.12. The summed E-state index contributed by atoms with van der Waals surface area (Å²) < 4.78 is 2.09. The summed E-state index contributed by atoms with van der Waals surface area (Å²) in [5.74, 6) is 0.855. The zero-order valence-corrected chi connectivity index (χ0v) is 14.5. The van der Waals surface area contributed by atoms with Crippen molar-refractivity contribution in [3.8, 4) is 0 Å². The average molecular weight is 323 g/mol. The maximum atomic E-state index is 5.43. The molecule has 2 heterocycles. The quantitative estimate of drug-likeness (QED) is 0.346. The highest BCUT2D eigenvalue weighted by Crippen LogP contribution is 2.14. The molecule has 6 heteroatoms. The van der Waals surface area contributed by atoms with Crippen LogP contribution in [0.25, 0.3) is 0 Å². The summed E-state index contributed by atoms with van der Waals surface area (Å²) in [5.41, 5.74) is 2.33. The predicted octanol–water partition coefficient (Wildman–Crippen LogP) is 3.92. The lowest BCUT2D eigenvalue weighted by Gasteiger charge is -2.04. The van der Waals surface area contributed by atoms with Crippen LogP contribution in [0.1, 0.15) is 42.9 Å². The number of aryl methyl sites for hydroxylation is 3. The van der Waals surface area contributed by atoms with Crippen molar-refractivity contribution in [3.05, 3.63) is 29.5 Å². The van der Waals surface area contributed by atoms with Crippen molar-refractivity contribution < 1.29 is 0 Å². The molecule has 0 spiro atoms. The van der Waals surface area contributed by atoms with Crippen LogP contribution in [0, 0.1) is 13.8 Å². The number of unbranched alkanes of at least 4 members (excludes halogenated alkanes) is 2. The van der Waals surface area contributed by atoms with Crippen LogP contribution >= 0.6 is 24.0 Å². The smallest absolute Gasteiger partial charge is 0.144 e. The number of nitrogens with zero attached hydrogens (tertiary/aromatic N) is 3. The number of aromatic nitrogens is 4. The number of nitrogens with one attached hydrogen (secondary N) is 1. The van der Waals surface area contributed by atoms with Crippen LogP contribution in [-0.4, -0.2) is 30.9 Å². The molecule has 0 saturated heterocycles. The van der Waals surface area contributed by atoms with Crippen molar-refractivity contribution in [3.63, 3.8) is 0 Å². The first-order chi connectivity index (χ1) is 10.1. The largest absolute Gasteiger partial charge is 0.333 e. The minimum atomic E-state index is 0.855. The van der Waals surface area contributed by atoms with E-state index in [1.54, 1.807) is 11.8 Å². The van der Waals surface area contributed by atoms with Gasteiger partial charge in [-0.25, -0.2) is 4.98 Å². The Bertz CT molecular complexity index is 601. The molecule has 2 rings (SSSR count). The van der Waals surface area contributed by atoms with Crippen molar-refractivity contribution in [2.24, 2.45) is 0 Å². The van der Waals surface area contributed by atoms with Gasteiger partial charge >= 0.3 is 0 Å². The Kier molecular flexibility index (Phi) is 5.99. The molecule has 2 aromatic heterocycles. The van der Waals surface area contributed by atoms with Gasteiger partial charge in [0.15, 0.2) is 0 Å². The lowest BCUT2D eigenvalue weighted by Crippen LogP contribution is -2.03. The van der Waals surface area contributed by atoms with Crippen LogP contribution in [0.2, 0.25) is 0 Å². The van der Waals surface area contributed by atoms with Crippen molar-refractivity contribution >= 4 is 28.8 Å². The molecule has 0 fully saturated rings. The second kappa shape index (κ2) is 7.75. The Labute approximate surface area is 135 Å². The lowest BCUT2D eigenvalue weighted by atomic mass is 10.1. The Morgan fingerprint density at radius 2 is 2.14 bits per heavy atom. The van der Waals surface area contributed by atoms with Crippen molar-refractivity contribution in [1.29, 1.82) is 0 Å². The van der Waals surface area contributed by atoms with Crippen LogP contribution < -0.4 is 0 Å². The zero-order chi connectivity index (χ0) is 15.2. The van der Waals surface area contributed by atoms with E-state index in [1.807, 2.05) is 19.4 Å². The van der Waals surface area contributed by atoms with Gasteiger partial charge in [-0.05, 0) is 45.4 Å². The summed E-state index contributed by atoms with van der Waals surface area (Å²) >= 11 is 7.08. The second-order valence-electron chi connectivity index (χ2n) is 5.18. The molecule has 0 amide bonds. The van der Waals surface area contributed by atoms with E-state index in [4.69, 9.17) is 12.2 Å². The van der Waals surface area contributed by atoms with Gasteiger partial charge in [0, 0.05) is 12.2 Å². The predicted molar refractivity (Wildman–Crippen MR) is 92.2 cm³/mol. The Morgan fingerprint density at radius 3 is 2.76 bits per heavy atom. The van der Waals surface area contributed by atoms with E-state index < -0.39 is 0 Å². The molecule has 4 nitrogen and oxygen atoms in total. The molecule has 0 aromatic carbocycles. The van der Waals surface area contributed by atoms with Gasteiger partial charge in [0.1, 0.15) is 5.82 Å². The van der Waals surface area contributed by atoms with Crippen LogP contribution in [0.4, 0.5) is 0 Å². The van der Waals surface area contributed by atoms with E-state index in [9.17, 15) is 0 Å². The number of rotatable bonds is 8. The molecular formula is C15H22N4S2. The molecule has 0 saturated carbocycles. The molecular weight excluding hydrogens is 300 g/mol. The van der Waals surface area contributed by atoms with Crippen LogP contribution in [0.3, 0.4) is 0 Å². The van der Waals surface area contributed by atoms with Crippen molar-refractivity contribution in [2.75, 3.05) is 6.26 Å². The van der Waals surface area contributed by atoms with Gasteiger partial charge in [-0.3, -0.25) is 4.68 Å². The molecule has 0 aliphatic heterocycles. The van der Waals surface area contributed by atoms with Crippen LogP contribution in [-0.2, 0) is 6.54 Å². The van der Waals surface area contributed by atoms with Crippen LogP contribution in [0.15, 0.2) is 17.3 Å². The third kappa shape index (κ3) is 4.68. The van der Waals surface area contributed by atoms with E-state index in [0.717, 1.165) is 53.6 Å². The fraction of sp³-hybridized carbons (Fsp3) is 0.533. The number of thiocarbonyl (C=S) groups is 1. The first-order valence-electron chi connectivity index (χ1n) is 7.23. The highest BCUT2D eigenvalue weighted by atomic mass is 32.2. The zero-order valence-electron chi connectivity index (χ0n) is 12.8. The summed E-state index contributed by atoms with van der Waals surface area (Å²) in [6.07, 6.45) is 8.20. The van der Waals surface area contributed by atoms with E-state index in [1.165, 1.54) is 5.69 Å². The fourth-order valence-electron chi connectivity index (χ4n) is 2.29. The van der Waals surface area contributed by atoms with Crippen molar-refractivity contribution in [2.45, 2.75) is 51.1 Å². The fourth-order valence-corrected chi connectivity index (χ4v) is 2.90. The Morgan fingerprint density at radius 1 is 1.33 bits per heavy atom. The van der Waals surface area contributed by atoms with Gasteiger partial charge in [0.2, 0.25) is 0 Å². The summed E-state index contributed by atoms with van der Waals surface area (Å²) in [6.45, 7) is 5.13. The highest BCUT2D eigenvalue weighted by molar-refractivity contribution is 7.98. The molecule has 0 aliphatic rings. The van der Waals surface area contributed by atoms with Gasteiger partial charge in [-0.1, -0.05) is 18.6 Å². The second-order valence-corrected chi connectivity index (χ2v) is 6.53. The molecule has 0 unspecified atom stereocenters. The topological polar surface area (TPSA) is 46.5 Å². The Hall–Kier alpha value is -1.14. The molecule has 0 radical (unpaired) electrons. The minimum absolute atomic E-state index is 0.855. The van der Waals surface area contributed by atoms with Crippen molar-refractivity contribution in [1.82, 2.24) is 19.7 Å². The molecule has 21 heavy (non-hydrogen) atoms. The van der Waals surface area contributed by atoms with E-state index in [-0.39, 0.29) is 0 Å². The normalized spacial score (nSPS) is 11.0. The standard InChI is InChI=1S/C15H22N4S2/c1-11-9-12(2)19(18-11)8-6-4-5-7-13(20)15-16-10-14(17-15)21-3/h9-10H,4-8H2,1-3H3,(H,16,17). The van der Waals surface area contributed by atoms with Crippen LogP contribution in [0.5, 0.6) is 0 Å². The summed E-state index contributed by atoms with van der Waals surface area (Å²) in [4.78, 5) is 8.48. The average Bonchev–Trinajstić information content (AvgIpc) is 3.05. The minimum Gasteiger partial charge on any atom is -0.333 e. The SMILES string of the molecule is CSc1cnc(C(=S)CCCCCn2nc(C)cc2C)[nH]1. The summed E-state index contributed by atoms with van der Waals surface area (Å²) in [5, 5.41) is 5.54.